The van der Waals surface area contributed by atoms with Crippen LogP contribution in [0.1, 0.15) is 16.9 Å². The van der Waals surface area contributed by atoms with Crippen LogP contribution >= 0.6 is 11.3 Å². The van der Waals surface area contributed by atoms with Crippen LogP contribution in [0.15, 0.2) is 5.38 Å². The maximum Gasteiger partial charge on any atom is 0.355 e. The van der Waals surface area contributed by atoms with Gasteiger partial charge in [0.05, 0.1) is 0 Å². The number of anilines is 1. The predicted molar refractivity (Wildman–Crippen MR) is 65.5 cm³/mol. The number of carbonyl (C=O) groups is 1. The van der Waals surface area contributed by atoms with Crippen LogP contribution in [0.3, 0.4) is 0 Å². The summed E-state index contributed by atoms with van der Waals surface area (Å²) in [4.78, 5) is 18.8. The third kappa shape index (κ3) is 3.79. The standard InChI is InChI=1S/C10H17N3O2S/c1-12(2)5-4-6-13(3)10-11-8(7-16-10)9(14)15/h7H,4-6H2,1-3H3,(H,14,15). The molecular formula is C10H17N3O2S. The van der Waals surface area contributed by atoms with E-state index in [1.165, 1.54) is 11.3 Å². The minimum absolute atomic E-state index is 0.124. The van der Waals surface area contributed by atoms with E-state index in [4.69, 9.17) is 5.11 Å². The third-order valence-corrected chi connectivity index (χ3v) is 3.09. The summed E-state index contributed by atoms with van der Waals surface area (Å²) in [6.07, 6.45) is 1.03. The molecule has 1 N–H and O–H groups in total. The zero-order valence-corrected chi connectivity index (χ0v) is 10.6. The number of aromatic carboxylic acids is 1. The molecule has 0 aromatic carbocycles. The highest BCUT2D eigenvalue weighted by molar-refractivity contribution is 7.13. The Balaban J connectivity index is 2.46. The summed E-state index contributed by atoms with van der Waals surface area (Å²) < 4.78 is 0. The zero-order chi connectivity index (χ0) is 12.1. The van der Waals surface area contributed by atoms with Gasteiger partial charge < -0.3 is 14.9 Å². The van der Waals surface area contributed by atoms with E-state index in [2.05, 4.69) is 9.88 Å². The van der Waals surface area contributed by atoms with Gasteiger partial charge in [0.1, 0.15) is 0 Å². The summed E-state index contributed by atoms with van der Waals surface area (Å²) >= 11 is 1.37. The predicted octanol–water partition coefficient (Wildman–Crippen LogP) is 1.23. The first-order valence-electron chi connectivity index (χ1n) is 5.05. The van der Waals surface area contributed by atoms with E-state index in [0.29, 0.717) is 0 Å². The molecule has 1 aromatic rings. The second-order valence-corrected chi connectivity index (χ2v) is 4.74. The second kappa shape index (κ2) is 5.81. The molecule has 0 saturated carbocycles. The largest absolute Gasteiger partial charge is 0.476 e. The lowest BCUT2D eigenvalue weighted by atomic mass is 10.4. The first-order chi connectivity index (χ1) is 7.50. The first-order valence-corrected chi connectivity index (χ1v) is 5.93. The van der Waals surface area contributed by atoms with Crippen LogP contribution in [0.25, 0.3) is 0 Å². The number of thiazole rings is 1. The Morgan fingerprint density at radius 1 is 1.44 bits per heavy atom. The molecule has 0 atom stereocenters. The molecule has 0 radical (unpaired) electrons. The van der Waals surface area contributed by atoms with Crippen LogP contribution in [-0.2, 0) is 0 Å². The van der Waals surface area contributed by atoms with E-state index >= 15 is 0 Å². The van der Waals surface area contributed by atoms with Crippen molar-refractivity contribution in [2.45, 2.75) is 6.42 Å². The molecule has 0 aliphatic heterocycles. The van der Waals surface area contributed by atoms with E-state index in [1.54, 1.807) is 5.38 Å². The molecule has 6 heteroatoms. The van der Waals surface area contributed by atoms with Gasteiger partial charge in [-0.3, -0.25) is 0 Å². The van der Waals surface area contributed by atoms with Crippen molar-refractivity contribution < 1.29 is 9.90 Å². The molecule has 90 valence electrons. The van der Waals surface area contributed by atoms with Gasteiger partial charge in [0.15, 0.2) is 10.8 Å². The Bertz CT molecular complexity index is 352. The zero-order valence-electron chi connectivity index (χ0n) is 9.80. The molecule has 1 rings (SSSR count). The fourth-order valence-electron chi connectivity index (χ4n) is 1.26. The molecule has 0 fully saturated rings. The highest BCUT2D eigenvalue weighted by Gasteiger charge is 2.11. The van der Waals surface area contributed by atoms with E-state index in [9.17, 15) is 4.79 Å². The summed E-state index contributed by atoms with van der Waals surface area (Å²) in [5, 5.41) is 11.1. The summed E-state index contributed by atoms with van der Waals surface area (Å²) in [5.41, 5.74) is 0.124. The van der Waals surface area contributed by atoms with Gasteiger partial charge in [-0.2, -0.15) is 0 Å². The molecule has 0 saturated heterocycles. The monoisotopic (exact) mass is 243 g/mol. The van der Waals surface area contributed by atoms with Crippen molar-refractivity contribution in [1.29, 1.82) is 0 Å². The Morgan fingerprint density at radius 3 is 2.62 bits per heavy atom. The molecule has 5 nitrogen and oxygen atoms in total. The Labute approximate surface area is 99.3 Å². The van der Waals surface area contributed by atoms with Gasteiger partial charge in [0.2, 0.25) is 0 Å². The van der Waals surface area contributed by atoms with Gasteiger partial charge in [-0.05, 0) is 27.1 Å². The van der Waals surface area contributed by atoms with Crippen LogP contribution in [0.2, 0.25) is 0 Å². The molecule has 1 aromatic heterocycles. The molecule has 0 unspecified atom stereocenters. The molecule has 0 aliphatic rings. The maximum atomic E-state index is 10.7. The quantitative estimate of drug-likeness (QED) is 0.814. The number of aromatic nitrogens is 1. The molecule has 0 bridgehead atoms. The van der Waals surface area contributed by atoms with Gasteiger partial charge in [-0.1, -0.05) is 0 Å². The summed E-state index contributed by atoms with van der Waals surface area (Å²) in [7, 11) is 6.00. The fourth-order valence-corrected chi connectivity index (χ4v) is 2.05. The minimum atomic E-state index is -0.968. The van der Waals surface area contributed by atoms with Crippen molar-refractivity contribution in [2.75, 3.05) is 39.1 Å². The molecule has 0 aliphatic carbocycles. The summed E-state index contributed by atoms with van der Waals surface area (Å²) in [6.45, 7) is 1.90. The summed E-state index contributed by atoms with van der Waals surface area (Å²) in [6, 6.07) is 0. The van der Waals surface area contributed by atoms with Crippen molar-refractivity contribution >= 4 is 22.4 Å². The molecule has 1 heterocycles. The molecule has 16 heavy (non-hydrogen) atoms. The SMILES string of the molecule is CN(C)CCCN(C)c1nc(C(=O)O)cs1. The van der Waals surface area contributed by atoms with E-state index in [1.807, 2.05) is 26.0 Å². The number of carboxylic acids is 1. The summed E-state index contributed by atoms with van der Waals surface area (Å²) in [5.74, 6) is -0.968. The number of rotatable bonds is 6. The van der Waals surface area contributed by atoms with Crippen molar-refractivity contribution in [3.8, 4) is 0 Å². The normalized spacial score (nSPS) is 10.8. The fraction of sp³-hybridized carbons (Fsp3) is 0.600. The lowest BCUT2D eigenvalue weighted by molar-refractivity contribution is 0.0691. The highest BCUT2D eigenvalue weighted by Crippen LogP contribution is 2.19. The average molecular weight is 243 g/mol. The van der Waals surface area contributed by atoms with Gasteiger partial charge in [-0.15, -0.1) is 11.3 Å². The number of hydrogen-bond donors (Lipinski definition) is 1. The van der Waals surface area contributed by atoms with Crippen LogP contribution < -0.4 is 4.90 Å². The maximum absolute atomic E-state index is 10.7. The van der Waals surface area contributed by atoms with E-state index in [-0.39, 0.29) is 5.69 Å². The lowest BCUT2D eigenvalue weighted by Crippen LogP contribution is -2.23. The van der Waals surface area contributed by atoms with Crippen molar-refractivity contribution in [3.63, 3.8) is 0 Å². The van der Waals surface area contributed by atoms with Crippen LogP contribution in [-0.4, -0.2) is 55.2 Å². The van der Waals surface area contributed by atoms with Crippen LogP contribution in [0, 0.1) is 0 Å². The van der Waals surface area contributed by atoms with Crippen LogP contribution in [0.4, 0.5) is 5.13 Å². The van der Waals surface area contributed by atoms with Gasteiger partial charge in [-0.25, -0.2) is 9.78 Å². The van der Waals surface area contributed by atoms with Crippen molar-refractivity contribution in [3.05, 3.63) is 11.1 Å². The molecular weight excluding hydrogens is 226 g/mol. The van der Waals surface area contributed by atoms with E-state index < -0.39 is 5.97 Å². The Morgan fingerprint density at radius 2 is 2.12 bits per heavy atom. The average Bonchev–Trinajstić information content (AvgIpc) is 2.65. The van der Waals surface area contributed by atoms with Gasteiger partial charge >= 0.3 is 5.97 Å². The van der Waals surface area contributed by atoms with Gasteiger partial charge in [0.25, 0.3) is 0 Å². The second-order valence-electron chi connectivity index (χ2n) is 3.90. The molecule has 0 amide bonds. The van der Waals surface area contributed by atoms with Gasteiger partial charge in [0, 0.05) is 19.0 Å². The molecule has 0 spiro atoms. The third-order valence-electron chi connectivity index (χ3n) is 2.14. The van der Waals surface area contributed by atoms with E-state index in [0.717, 1.165) is 24.6 Å². The lowest BCUT2D eigenvalue weighted by Gasteiger charge is -2.17. The number of carboxylic acid groups (broad SMARTS) is 1. The number of nitrogens with zero attached hydrogens (tertiary/aromatic N) is 3. The van der Waals surface area contributed by atoms with Crippen LogP contribution in [0.5, 0.6) is 0 Å². The smallest absolute Gasteiger partial charge is 0.355 e. The Kier molecular flexibility index (Phi) is 4.70. The minimum Gasteiger partial charge on any atom is -0.476 e. The topological polar surface area (TPSA) is 56.7 Å². The van der Waals surface area contributed by atoms with Crippen molar-refractivity contribution in [2.24, 2.45) is 0 Å². The highest BCUT2D eigenvalue weighted by atomic mass is 32.1. The Hall–Kier alpha value is -1.14. The first kappa shape index (κ1) is 12.9. The van der Waals surface area contributed by atoms with Crippen molar-refractivity contribution in [1.82, 2.24) is 9.88 Å². The number of hydrogen-bond acceptors (Lipinski definition) is 5.